The summed E-state index contributed by atoms with van der Waals surface area (Å²) in [5.41, 5.74) is 0.339. The van der Waals surface area contributed by atoms with Crippen molar-refractivity contribution < 1.29 is 23.8 Å². The summed E-state index contributed by atoms with van der Waals surface area (Å²) in [4.78, 5) is 27.0. The number of ether oxygens (including phenoxy) is 1. The van der Waals surface area contributed by atoms with Gasteiger partial charge in [-0.3, -0.25) is 9.59 Å². The molecular formula is C22H19ClFNO4. The van der Waals surface area contributed by atoms with Crippen molar-refractivity contribution in [1.82, 2.24) is 4.90 Å². The number of amides is 1. The molecule has 29 heavy (non-hydrogen) atoms. The SMILES string of the molecule is O=C1C(=O)N(C[C@@H]2CCCO2)[C@H](c2ccccc2F)/C1=C(\O)c1ccc(Cl)cc1. The fraction of sp³-hybridized carbons (Fsp3) is 0.273. The summed E-state index contributed by atoms with van der Waals surface area (Å²) in [6.07, 6.45) is 1.39. The van der Waals surface area contributed by atoms with Crippen LogP contribution >= 0.6 is 11.6 Å². The molecule has 0 unspecified atom stereocenters. The standard InChI is InChI=1S/C22H19ClFNO4/c23-14-9-7-13(8-10-14)20(26)18-19(16-5-1-2-6-17(16)24)25(22(28)21(18)27)12-15-4-3-11-29-15/h1-2,5-10,15,19,26H,3-4,11-12H2/b20-18+/t15-,19+/m0/s1. The first-order valence-corrected chi connectivity index (χ1v) is 9.75. The number of hydrogen-bond donors (Lipinski definition) is 1. The van der Waals surface area contributed by atoms with E-state index in [2.05, 4.69) is 0 Å². The maximum Gasteiger partial charge on any atom is 0.295 e. The molecule has 5 nitrogen and oxygen atoms in total. The van der Waals surface area contributed by atoms with Crippen LogP contribution in [-0.4, -0.2) is 41.0 Å². The monoisotopic (exact) mass is 415 g/mol. The van der Waals surface area contributed by atoms with Crippen LogP contribution < -0.4 is 0 Å². The first-order chi connectivity index (χ1) is 14.0. The lowest BCUT2D eigenvalue weighted by Gasteiger charge is -2.27. The van der Waals surface area contributed by atoms with Crippen LogP contribution in [0.15, 0.2) is 54.1 Å². The third-order valence-corrected chi connectivity index (χ3v) is 5.53. The minimum Gasteiger partial charge on any atom is -0.507 e. The van der Waals surface area contributed by atoms with Gasteiger partial charge >= 0.3 is 0 Å². The normalized spacial score (nSPS) is 23.7. The zero-order valence-corrected chi connectivity index (χ0v) is 16.2. The molecule has 2 saturated heterocycles. The second kappa shape index (κ2) is 7.97. The van der Waals surface area contributed by atoms with Crippen molar-refractivity contribution in [3.05, 3.63) is 76.1 Å². The second-order valence-corrected chi connectivity index (χ2v) is 7.55. The van der Waals surface area contributed by atoms with Crippen LogP contribution in [0.4, 0.5) is 4.39 Å². The predicted molar refractivity (Wildman–Crippen MR) is 106 cm³/mol. The smallest absolute Gasteiger partial charge is 0.295 e. The van der Waals surface area contributed by atoms with Gasteiger partial charge in [-0.1, -0.05) is 29.8 Å². The summed E-state index contributed by atoms with van der Waals surface area (Å²) in [6, 6.07) is 11.1. The fourth-order valence-electron chi connectivity index (χ4n) is 3.86. The van der Waals surface area contributed by atoms with Gasteiger partial charge in [0.2, 0.25) is 0 Å². The highest BCUT2D eigenvalue weighted by Crippen LogP contribution is 2.41. The van der Waals surface area contributed by atoms with Crippen molar-refractivity contribution in [3.8, 4) is 0 Å². The number of ketones is 1. The number of Topliss-reactive ketones (excluding diaryl/α,β-unsaturated/α-hetero) is 1. The van der Waals surface area contributed by atoms with Gasteiger partial charge in [0.25, 0.3) is 11.7 Å². The van der Waals surface area contributed by atoms with Crippen molar-refractivity contribution in [2.24, 2.45) is 0 Å². The van der Waals surface area contributed by atoms with Crippen molar-refractivity contribution in [2.45, 2.75) is 25.0 Å². The Morgan fingerprint density at radius 1 is 1.17 bits per heavy atom. The van der Waals surface area contributed by atoms with Crippen molar-refractivity contribution in [3.63, 3.8) is 0 Å². The molecule has 1 N–H and O–H groups in total. The van der Waals surface area contributed by atoms with Crippen LogP contribution in [0.2, 0.25) is 5.02 Å². The molecule has 0 aliphatic carbocycles. The van der Waals surface area contributed by atoms with Crippen LogP contribution in [0.5, 0.6) is 0 Å². The average molecular weight is 416 g/mol. The Morgan fingerprint density at radius 3 is 2.55 bits per heavy atom. The van der Waals surface area contributed by atoms with E-state index in [1.165, 1.54) is 23.1 Å². The number of carbonyl (C=O) groups excluding carboxylic acids is 2. The summed E-state index contributed by atoms with van der Waals surface area (Å²) in [5, 5.41) is 11.3. The van der Waals surface area contributed by atoms with Crippen LogP contribution in [-0.2, 0) is 14.3 Å². The first-order valence-electron chi connectivity index (χ1n) is 9.37. The molecule has 2 aliphatic rings. The molecule has 7 heteroatoms. The van der Waals surface area contributed by atoms with Gasteiger partial charge in [-0.05, 0) is 43.2 Å². The topological polar surface area (TPSA) is 66.8 Å². The highest BCUT2D eigenvalue weighted by Gasteiger charge is 2.47. The molecule has 2 atom stereocenters. The van der Waals surface area contributed by atoms with E-state index in [9.17, 15) is 19.1 Å². The van der Waals surface area contributed by atoms with E-state index in [1.807, 2.05) is 0 Å². The molecule has 0 aromatic heterocycles. The van der Waals surface area contributed by atoms with Crippen molar-refractivity contribution >= 4 is 29.1 Å². The van der Waals surface area contributed by atoms with E-state index in [-0.39, 0.29) is 29.5 Å². The van der Waals surface area contributed by atoms with Crippen LogP contribution in [0.1, 0.15) is 30.0 Å². The minimum atomic E-state index is -1.03. The van der Waals surface area contributed by atoms with Crippen molar-refractivity contribution in [1.29, 1.82) is 0 Å². The Labute approximate surface area is 172 Å². The summed E-state index contributed by atoms with van der Waals surface area (Å²) in [7, 11) is 0. The molecule has 0 spiro atoms. The number of rotatable bonds is 4. The molecule has 0 bridgehead atoms. The van der Waals surface area contributed by atoms with Crippen LogP contribution in [0, 0.1) is 5.82 Å². The van der Waals surface area contributed by atoms with Crippen LogP contribution in [0.3, 0.4) is 0 Å². The molecule has 2 aliphatic heterocycles. The van der Waals surface area contributed by atoms with Crippen molar-refractivity contribution in [2.75, 3.05) is 13.2 Å². The molecule has 150 valence electrons. The maximum absolute atomic E-state index is 14.7. The van der Waals surface area contributed by atoms with E-state index in [1.54, 1.807) is 30.3 Å². The Bertz CT molecular complexity index is 983. The Hall–Kier alpha value is -2.70. The molecule has 2 heterocycles. The van der Waals surface area contributed by atoms with Gasteiger partial charge in [-0.25, -0.2) is 4.39 Å². The maximum atomic E-state index is 14.7. The molecule has 1 amide bonds. The van der Waals surface area contributed by atoms with Gasteiger partial charge in [0.1, 0.15) is 11.6 Å². The number of aliphatic hydroxyl groups is 1. The van der Waals surface area contributed by atoms with E-state index < -0.39 is 23.5 Å². The number of likely N-dealkylation sites (tertiary alicyclic amines) is 1. The minimum absolute atomic E-state index is 0.139. The molecule has 2 fully saturated rings. The number of benzene rings is 2. The molecule has 2 aromatic carbocycles. The second-order valence-electron chi connectivity index (χ2n) is 7.11. The number of carbonyl (C=O) groups is 2. The molecule has 2 aromatic rings. The zero-order chi connectivity index (χ0) is 20.5. The summed E-state index contributed by atoms with van der Waals surface area (Å²) in [6.45, 7) is 0.741. The van der Waals surface area contributed by atoms with E-state index in [0.29, 0.717) is 17.2 Å². The summed E-state index contributed by atoms with van der Waals surface area (Å²) < 4.78 is 20.3. The molecule has 4 rings (SSSR count). The van der Waals surface area contributed by atoms with Crippen LogP contribution in [0.25, 0.3) is 5.76 Å². The molecule has 0 saturated carbocycles. The van der Waals surface area contributed by atoms with Gasteiger partial charge in [-0.15, -0.1) is 0 Å². The number of halogens is 2. The molecule has 0 radical (unpaired) electrons. The Balaban J connectivity index is 1.84. The Kier molecular flexibility index (Phi) is 5.39. The largest absolute Gasteiger partial charge is 0.507 e. The highest BCUT2D eigenvalue weighted by molar-refractivity contribution is 6.46. The number of aliphatic hydroxyl groups excluding tert-OH is 1. The highest BCUT2D eigenvalue weighted by atomic mass is 35.5. The first kappa shape index (κ1) is 19.6. The van der Waals surface area contributed by atoms with E-state index in [4.69, 9.17) is 16.3 Å². The lowest BCUT2D eigenvalue weighted by Crippen LogP contribution is -2.36. The summed E-state index contributed by atoms with van der Waals surface area (Å²) >= 11 is 5.90. The summed E-state index contributed by atoms with van der Waals surface area (Å²) in [5.74, 6) is -2.53. The number of hydrogen-bond acceptors (Lipinski definition) is 4. The predicted octanol–water partition coefficient (Wildman–Crippen LogP) is 4.08. The quantitative estimate of drug-likeness (QED) is 0.464. The van der Waals surface area contributed by atoms with Gasteiger partial charge < -0.3 is 14.7 Å². The van der Waals surface area contributed by atoms with Gasteiger partial charge in [0.15, 0.2) is 0 Å². The van der Waals surface area contributed by atoms with Gasteiger partial charge in [-0.2, -0.15) is 0 Å². The van der Waals surface area contributed by atoms with E-state index >= 15 is 0 Å². The lowest BCUT2D eigenvalue weighted by atomic mass is 9.95. The fourth-order valence-corrected chi connectivity index (χ4v) is 3.99. The Morgan fingerprint density at radius 2 is 1.90 bits per heavy atom. The van der Waals surface area contributed by atoms with Gasteiger partial charge in [0.05, 0.1) is 17.7 Å². The average Bonchev–Trinajstić information content (AvgIpc) is 3.31. The lowest BCUT2D eigenvalue weighted by molar-refractivity contribution is -0.140. The third kappa shape index (κ3) is 3.66. The third-order valence-electron chi connectivity index (χ3n) is 5.28. The number of nitrogens with zero attached hydrogens (tertiary/aromatic N) is 1. The molecular weight excluding hydrogens is 397 g/mol. The van der Waals surface area contributed by atoms with E-state index in [0.717, 1.165) is 12.8 Å². The zero-order valence-electron chi connectivity index (χ0n) is 15.5. The van der Waals surface area contributed by atoms with Gasteiger partial charge in [0, 0.05) is 29.3 Å².